The first-order chi connectivity index (χ1) is 11.4. The fraction of sp³-hybridized carbons (Fsp3) is 0.333. The molecule has 0 aliphatic heterocycles. The van der Waals surface area contributed by atoms with E-state index in [0.717, 1.165) is 5.69 Å². The summed E-state index contributed by atoms with van der Waals surface area (Å²) in [4.78, 5) is 1.91. The molecule has 0 amide bonds. The molecule has 0 aliphatic rings. The number of rotatable bonds is 7. The number of benzene rings is 2. The van der Waals surface area contributed by atoms with Crippen LogP contribution in [0.1, 0.15) is 24.8 Å². The Morgan fingerprint density at radius 2 is 1.79 bits per heavy atom. The van der Waals surface area contributed by atoms with E-state index >= 15 is 0 Å². The topological polar surface area (TPSA) is 49.8 Å². The minimum Gasteiger partial charge on any atom is -0.378 e. The fourth-order valence-corrected chi connectivity index (χ4v) is 4.51. The zero-order valence-electron chi connectivity index (χ0n) is 14.1. The third-order valence-corrected chi connectivity index (χ3v) is 6.22. The van der Waals surface area contributed by atoms with Crippen LogP contribution in [0, 0.1) is 5.82 Å². The molecule has 0 unspecified atom stereocenters. The predicted molar refractivity (Wildman–Crippen MR) is 95.6 cm³/mol. The second-order valence-electron chi connectivity index (χ2n) is 5.74. The van der Waals surface area contributed by atoms with Gasteiger partial charge in [-0.05, 0) is 36.8 Å². The van der Waals surface area contributed by atoms with Crippen molar-refractivity contribution in [1.29, 1.82) is 0 Å². The number of nitrogens with zero attached hydrogens (tertiary/aromatic N) is 1. The molecular formula is C18H23FNO3P. The van der Waals surface area contributed by atoms with E-state index in [4.69, 9.17) is 4.52 Å². The zero-order chi connectivity index (χ0) is 17.7. The Morgan fingerprint density at radius 3 is 2.33 bits per heavy atom. The summed E-state index contributed by atoms with van der Waals surface area (Å²) in [5.41, 5.74) is 0.912. The van der Waals surface area contributed by atoms with Crippen LogP contribution in [0.2, 0.25) is 0 Å². The molecule has 0 fully saturated rings. The minimum absolute atomic E-state index is 0.0198. The number of aliphatic hydroxyl groups is 1. The number of anilines is 1. The monoisotopic (exact) mass is 351 g/mol. The van der Waals surface area contributed by atoms with Gasteiger partial charge in [-0.15, -0.1) is 0 Å². The van der Waals surface area contributed by atoms with Gasteiger partial charge >= 0.3 is 0 Å². The van der Waals surface area contributed by atoms with Crippen LogP contribution in [0.3, 0.4) is 0 Å². The third-order valence-electron chi connectivity index (χ3n) is 3.72. The normalized spacial score (nSPS) is 14.9. The minimum atomic E-state index is -3.68. The smallest absolute Gasteiger partial charge is 0.264 e. The van der Waals surface area contributed by atoms with Crippen molar-refractivity contribution in [3.8, 4) is 0 Å². The first-order valence-electron chi connectivity index (χ1n) is 7.85. The summed E-state index contributed by atoms with van der Waals surface area (Å²) >= 11 is 0. The van der Waals surface area contributed by atoms with E-state index in [1.807, 2.05) is 25.9 Å². The Bertz CT molecular complexity index is 718. The standard InChI is InChI=1S/C18H23FNO3P/c1-4-13-23-24(22,15-11-9-14(10-12-15)20(2)3)18(21)16-7-5-6-8-17(16)19/h5-12,18,21H,4,13H2,1-3H3/t18-,24+/m0/s1. The first kappa shape index (κ1) is 18.7. The highest BCUT2D eigenvalue weighted by Gasteiger charge is 2.37. The third kappa shape index (κ3) is 3.86. The van der Waals surface area contributed by atoms with Gasteiger partial charge in [-0.1, -0.05) is 25.1 Å². The number of halogens is 1. The molecule has 0 bridgehead atoms. The quantitative estimate of drug-likeness (QED) is 0.769. The highest BCUT2D eigenvalue weighted by atomic mass is 31.2. The van der Waals surface area contributed by atoms with Crippen LogP contribution in [-0.2, 0) is 9.09 Å². The molecule has 0 saturated heterocycles. The van der Waals surface area contributed by atoms with E-state index in [-0.39, 0.29) is 12.2 Å². The molecule has 4 nitrogen and oxygen atoms in total. The molecule has 0 aromatic heterocycles. The molecule has 2 rings (SSSR count). The molecule has 6 heteroatoms. The van der Waals surface area contributed by atoms with Crippen LogP contribution < -0.4 is 10.2 Å². The lowest BCUT2D eigenvalue weighted by molar-refractivity contribution is 0.210. The molecule has 0 spiro atoms. The van der Waals surface area contributed by atoms with E-state index in [9.17, 15) is 14.1 Å². The van der Waals surface area contributed by atoms with E-state index in [0.29, 0.717) is 11.7 Å². The van der Waals surface area contributed by atoms with Crippen LogP contribution in [0.5, 0.6) is 0 Å². The SMILES string of the molecule is CCCO[P@](=O)(c1ccc(N(C)C)cc1)[C@H](O)c1ccccc1F. The summed E-state index contributed by atoms with van der Waals surface area (Å²) in [5.74, 6) is -2.15. The first-order valence-corrected chi connectivity index (χ1v) is 9.54. The van der Waals surface area contributed by atoms with Gasteiger partial charge in [-0.2, -0.15) is 0 Å². The predicted octanol–water partition coefficient (Wildman–Crippen LogP) is 3.91. The van der Waals surface area contributed by atoms with E-state index in [1.165, 1.54) is 18.2 Å². The van der Waals surface area contributed by atoms with Gasteiger partial charge < -0.3 is 14.5 Å². The van der Waals surface area contributed by atoms with Gasteiger partial charge in [-0.3, -0.25) is 4.57 Å². The number of aliphatic hydroxyl groups excluding tert-OH is 1. The summed E-state index contributed by atoms with van der Waals surface area (Å²) in [5, 5.41) is 11.0. The largest absolute Gasteiger partial charge is 0.378 e. The van der Waals surface area contributed by atoms with Crippen molar-refractivity contribution in [2.45, 2.75) is 19.2 Å². The Kier molecular flexibility index (Phi) is 6.16. The average molecular weight is 351 g/mol. The molecule has 0 saturated carbocycles. The summed E-state index contributed by atoms with van der Waals surface area (Å²) in [6.07, 6.45) is 0.643. The van der Waals surface area contributed by atoms with Crippen molar-refractivity contribution in [2.24, 2.45) is 0 Å². The molecular weight excluding hydrogens is 328 g/mol. The average Bonchev–Trinajstić information content (AvgIpc) is 2.59. The van der Waals surface area contributed by atoms with Crippen LogP contribution in [0.15, 0.2) is 48.5 Å². The molecule has 1 N–H and O–H groups in total. The Hall–Kier alpha value is -1.68. The molecule has 0 heterocycles. The Morgan fingerprint density at radius 1 is 1.17 bits per heavy atom. The molecule has 2 atom stereocenters. The van der Waals surface area contributed by atoms with Crippen LogP contribution >= 0.6 is 7.37 Å². The van der Waals surface area contributed by atoms with Crippen LogP contribution in [0.25, 0.3) is 0 Å². The zero-order valence-corrected chi connectivity index (χ0v) is 15.0. The van der Waals surface area contributed by atoms with Crippen LogP contribution in [-0.4, -0.2) is 25.8 Å². The van der Waals surface area contributed by atoms with Gasteiger partial charge in [0.15, 0.2) is 5.85 Å². The maximum absolute atomic E-state index is 14.0. The molecule has 24 heavy (non-hydrogen) atoms. The molecule has 2 aromatic carbocycles. The van der Waals surface area contributed by atoms with Gasteiger partial charge in [-0.25, -0.2) is 4.39 Å². The fourth-order valence-electron chi connectivity index (χ4n) is 2.34. The van der Waals surface area contributed by atoms with Crippen molar-refractivity contribution in [3.63, 3.8) is 0 Å². The summed E-state index contributed by atoms with van der Waals surface area (Å²) < 4.78 is 33.1. The molecule has 2 aromatic rings. The van der Waals surface area contributed by atoms with E-state index in [1.54, 1.807) is 30.3 Å². The van der Waals surface area contributed by atoms with Crippen molar-refractivity contribution in [1.82, 2.24) is 0 Å². The number of hydrogen-bond donors (Lipinski definition) is 1. The summed E-state index contributed by atoms with van der Waals surface area (Å²) in [6.45, 7) is 2.10. The van der Waals surface area contributed by atoms with Gasteiger partial charge in [0.05, 0.1) is 6.61 Å². The lowest BCUT2D eigenvalue weighted by Gasteiger charge is -2.25. The molecule has 0 aliphatic carbocycles. The van der Waals surface area contributed by atoms with Crippen molar-refractivity contribution >= 4 is 18.4 Å². The Labute approximate surface area is 142 Å². The highest BCUT2D eigenvalue weighted by Crippen LogP contribution is 2.58. The van der Waals surface area contributed by atoms with E-state index in [2.05, 4.69) is 0 Å². The summed E-state index contributed by atoms with van der Waals surface area (Å²) in [6, 6.07) is 12.7. The maximum Gasteiger partial charge on any atom is 0.264 e. The second kappa shape index (κ2) is 7.93. The number of hydrogen-bond acceptors (Lipinski definition) is 4. The van der Waals surface area contributed by atoms with Crippen LogP contribution in [0.4, 0.5) is 10.1 Å². The van der Waals surface area contributed by atoms with Gasteiger partial charge in [0.1, 0.15) is 5.82 Å². The van der Waals surface area contributed by atoms with Crippen molar-refractivity contribution in [3.05, 3.63) is 59.9 Å². The van der Waals surface area contributed by atoms with Gasteiger partial charge in [0.2, 0.25) is 0 Å². The highest BCUT2D eigenvalue weighted by molar-refractivity contribution is 7.67. The van der Waals surface area contributed by atoms with Crippen molar-refractivity contribution < 1.29 is 18.6 Å². The van der Waals surface area contributed by atoms with Gasteiger partial charge in [0, 0.05) is 30.7 Å². The molecule has 130 valence electrons. The second-order valence-corrected chi connectivity index (χ2v) is 8.19. The summed E-state index contributed by atoms with van der Waals surface area (Å²) in [7, 11) is 0.117. The molecule has 0 radical (unpaired) electrons. The van der Waals surface area contributed by atoms with E-state index < -0.39 is 19.0 Å². The maximum atomic E-state index is 14.0. The lowest BCUT2D eigenvalue weighted by atomic mass is 10.2. The van der Waals surface area contributed by atoms with Crippen molar-refractivity contribution in [2.75, 3.05) is 25.6 Å². The lowest BCUT2D eigenvalue weighted by Crippen LogP contribution is -2.17. The Balaban J connectivity index is 2.45. The van der Waals surface area contributed by atoms with Gasteiger partial charge in [0.25, 0.3) is 7.37 Å².